The Labute approximate surface area is 187 Å². The molecule has 1 atom stereocenters. The molecule has 0 aliphatic rings. The lowest BCUT2D eigenvalue weighted by atomic mass is 10.1. The summed E-state index contributed by atoms with van der Waals surface area (Å²) in [6.07, 6.45) is 0.339. The Bertz CT molecular complexity index is 1050. The van der Waals surface area contributed by atoms with Crippen molar-refractivity contribution >= 4 is 25.0 Å². The van der Waals surface area contributed by atoms with Crippen molar-refractivity contribution in [3.63, 3.8) is 0 Å². The second kappa shape index (κ2) is 10.6. The molecule has 0 aliphatic carbocycles. The smallest absolute Gasteiger partial charge is 0.416 e. The lowest BCUT2D eigenvalue weighted by molar-refractivity contribution is -0.117. The van der Waals surface area contributed by atoms with Gasteiger partial charge in [-0.1, -0.05) is 48.5 Å². The molecule has 3 aromatic carbocycles. The van der Waals surface area contributed by atoms with Crippen LogP contribution in [0.4, 0.5) is 5.69 Å². The van der Waals surface area contributed by atoms with Gasteiger partial charge in [-0.3, -0.25) is 4.79 Å². The number of hydrogen-bond acceptors (Lipinski definition) is 5. The maximum absolute atomic E-state index is 14.2. The van der Waals surface area contributed by atoms with E-state index in [0.29, 0.717) is 23.6 Å². The fraction of sp³-hybridized carbons (Fsp3) is 0.167. The molecule has 0 amide bonds. The fourth-order valence-electron chi connectivity index (χ4n) is 3.18. The zero-order valence-corrected chi connectivity index (χ0v) is 18.7. The number of para-hydroxylation sites is 2. The standard InChI is InChI=1S/C24H26N3O4P/c1-18(28)16-23(17-19-12-14-20(15-13-19)27-24(25)26)32(29,30-21-8-4-2-5-9-21)31-22-10-6-3-7-11-22/h2-15,23H,16-17H2,1H3,(H4,25,26,27). The Morgan fingerprint density at radius 2 is 1.38 bits per heavy atom. The zero-order valence-electron chi connectivity index (χ0n) is 17.8. The average Bonchev–Trinajstić information content (AvgIpc) is 2.75. The first kappa shape index (κ1) is 23.1. The molecule has 8 heteroatoms. The van der Waals surface area contributed by atoms with Gasteiger partial charge in [0.2, 0.25) is 0 Å². The second-order valence-corrected chi connectivity index (χ2v) is 9.49. The number of Topliss-reactive ketones (excluding diaryl/α,β-unsaturated/α-hetero) is 1. The van der Waals surface area contributed by atoms with Gasteiger partial charge in [0.05, 0.1) is 11.3 Å². The van der Waals surface area contributed by atoms with E-state index in [4.69, 9.17) is 20.5 Å². The lowest BCUT2D eigenvalue weighted by Gasteiger charge is -2.27. The Kier molecular flexibility index (Phi) is 7.68. The van der Waals surface area contributed by atoms with Crippen molar-refractivity contribution in [1.29, 1.82) is 0 Å². The molecular formula is C24H26N3O4P. The molecule has 0 bridgehead atoms. The molecule has 3 aromatic rings. The van der Waals surface area contributed by atoms with Gasteiger partial charge in [-0.2, -0.15) is 0 Å². The fourth-order valence-corrected chi connectivity index (χ4v) is 5.26. The number of guanidine groups is 1. The van der Waals surface area contributed by atoms with Gasteiger partial charge < -0.3 is 20.5 Å². The first-order valence-corrected chi connectivity index (χ1v) is 11.7. The maximum atomic E-state index is 14.2. The summed E-state index contributed by atoms with van der Waals surface area (Å²) in [6.45, 7) is 1.46. The van der Waals surface area contributed by atoms with Crippen LogP contribution < -0.4 is 20.5 Å². The molecular weight excluding hydrogens is 425 g/mol. The van der Waals surface area contributed by atoms with Crippen molar-refractivity contribution in [2.75, 3.05) is 0 Å². The minimum Gasteiger partial charge on any atom is -0.416 e. The first-order chi connectivity index (χ1) is 15.3. The molecule has 0 radical (unpaired) electrons. The van der Waals surface area contributed by atoms with Crippen molar-refractivity contribution in [3.05, 3.63) is 90.5 Å². The molecule has 0 saturated carbocycles. The van der Waals surface area contributed by atoms with E-state index in [2.05, 4.69) is 4.99 Å². The molecule has 0 spiro atoms. The number of hydrogen-bond donors (Lipinski definition) is 2. The highest BCUT2D eigenvalue weighted by Gasteiger charge is 2.40. The van der Waals surface area contributed by atoms with E-state index < -0.39 is 13.3 Å². The highest BCUT2D eigenvalue weighted by Crippen LogP contribution is 2.55. The molecule has 0 aliphatic heterocycles. The van der Waals surface area contributed by atoms with Crippen molar-refractivity contribution < 1.29 is 18.4 Å². The molecule has 7 nitrogen and oxygen atoms in total. The van der Waals surface area contributed by atoms with E-state index in [9.17, 15) is 9.36 Å². The summed E-state index contributed by atoms with van der Waals surface area (Å²) in [5.41, 5.74) is 11.6. The number of rotatable bonds is 10. The molecule has 1 unspecified atom stereocenters. The van der Waals surface area contributed by atoms with Crippen molar-refractivity contribution in [1.82, 2.24) is 0 Å². The number of carbonyl (C=O) groups excluding carboxylic acids is 1. The number of ketones is 1. The van der Waals surface area contributed by atoms with Gasteiger partial charge in [0.1, 0.15) is 17.3 Å². The third kappa shape index (κ3) is 6.72. The lowest BCUT2D eigenvalue weighted by Crippen LogP contribution is -2.22. The molecule has 0 saturated heterocycles. The van der Waals surface area contributed by atoms with E-state index in [1.807, 2.05) is 24.3 Å². The Morgan fingerprint density at radius 1 is 0.875 bits per heavy atom. The van der Waals surface area contributed by atoms with Crippen LogP contribution >= 0.6 is 7.60 Å². The van der Waals surface area contributed by atoms with E-state index >= 15 is 0 Å². The highest BCUT2D eigenvalue weighted by atomic mass is 31.2. The second-order valence-electron chi connectivity index (χ2n) is 7.32. The van der Waals surface area contributed by atoms with Crippen LogP contribution in [0.1, 0.15) is 18.9 Å². The van der Waals surface area contributed by atoms with Crippen LogP contribution in [0.15, 0.2) is 89.9 Å². The summed E-state index contributed by atoms with van der Waals surface area (Å²) in [6, 6.07) is 24.8. The van der Waals surface area contributed by atoms with Crippen molar-refractivity contribution in [2.24, 2.45) is 16.5 Å². The van der Waals surface area contributed by atoms with Gasteiger partial charge in [0, 0.05) is 6.42 Å². The summed E-state index contributed by atoms with van der Waals surface area (Å²) in [4.78, 5) is 16.1. The van der Waals surface area contributed by atoms with Gasteiger partial charge in [0.15, 0.2) is 5.96 Å². The van der Waals surface area contributed by atoms with Crippen LogP contribution in [0.25, 0.3) is 0 Å². The highest BCUT2D eigenvalue weighted by molar-refractivity contribution is 7.55. The minimum atomic E-state index is -3.82. The number of nitrogens with two attached hydrogens (primary N) is 2. The van der Waals surface area contributed by atoms with Crippen molar-refractivity contribution in [3.8, 4) is 11.5 Å². The largest absolute Gasteiger partial charge is 0.434 e. The molecule has 0 heterocycles. The average molecular weight is 451 g/mol. The third-order valence-electron chi connectivity index (χ3n) is 4.59. The third-order valence-corrected chi connectivity index (χ3v) is 6.78. The van der Waals surface area contributed by atoms with Crippen LogP contribution in [-0.4, -0.2) is 17.4 Å². The van der Waals surface area contributed by atoms with Crippen molar-refractivity contribution in [2.45, 2.75) is 25.4 Å². The molecule has 4 N–H and O–H groups in total. The topological polar surface area (TPSA) is 117 Å². The monoisotopic (exact) mass is 451 g/mol. The van der Waals surface area contributed by atoms with Gasteiger partial charge in [-0.05, 0) is 55.3 Å². The van der Waals surface area contributed by atoms with E-state index in [1.165, 1.54) is 6.92 Å². The SMILES string of the molecule is CC(=O)CC(Cc1ccc(N=C(N)N)cc1)P(=O)(Oc1ccccc1)Oc1ccccc1. The zero-order chi connectivity index (χ0) is 23.0. The maximum Gasteiger partial charge on any atom is 0.434 e. The van der Waals surface area contributed by atoms with Gasteiger partial charge in [-0.15, -0.1) is 0 Å². The Hall–Kier alpha value is -3.57. The summed E-state index contributed by atoms with van der Waals surface area (Å²) < 4.78 is 26.0. The van der Waals surface area contributed by atoms with Gasteiger partial charge in [0.25, 0.3) is 0 Å². The van der Waals surface area contributed by atoms with Gasteiger partial charge in [-0.25, -0.2) is 9.56 Å². The normalized spacial score (nSPS) is 11.9. The van der Waals surface area contributed by atoms with E-state index in [1.54, 1.807) is 60.7 Å². The number of aliphatic imine (C=N–C) groups is 1. The predicted octanol–water partition coefficient (Wildman–Crippen LogP) is 4.83. The Balaban J connectivity index is 1.95. The minimum absolute atomic E-state index is 0.0343. The summed E-state index contributed by atoms with van der Waals surface area (Å²) in [5, 5.41) is 0. The van der Waals surface area contributed by atoms with Crippen LogP contribution in [0.3, 0.4) is 0 Å². The first-order valence-electron chi connectivity index (χ1n) is 10.1. The predicted molar refractivity (Wildman–Crippen MR) is 126 cm³/mol. The summed E-state index contributed by atoms with van der Waals surface area (Å²) >= 11 is 0. The quantitative estimate of drug-likeness (QED) is 0.259. The van der Waals surface area contributed by atoms with E-state index in [-0.39, 0.29) is 18.2 Å². The summed E-state index contributed by atoms with van der Waals surface area (Å²) in [5.74, 6) is 0.664. The van der Waals surface area contributed by atoms with Crippen LogP contribution in [-0.2, 0) is 15.8 Å². The molecule has 166 valence electrons. The summed E-state index contributed by atoms with van der Waals surface area (Å²) in [7, 11) is -3.82. The molecule has 0 fully saturated rings. The van der Waals surface area contributed by atoms with Crippen LogP contribution in [0.5, 0.6) is 11.5 Å². The molecule has 3 rings (SSSR count). The van der Waals surface area contributed by atoms with Crippen LogP contribution in [0.2, 0.25) is 0 Å². The van der Waals surface area contributed by atoms with Crippen LogP contribution in [0, 0.1) is 0 Å². The van der Waals surface area contributed by atoms with Gasteiger partial charge >= 0.3 is 7.60 Å². The Morgan fingerprint density at radius 3 is 1.81 bits per heavy atom. The number of nitrogens with zero attached hydrogens (tertiary/aromatic N) is 1. The number of benzene rings is 3. The number of carbonyl (C=O) groups is 1. The van der Waals surface area contributed by atoms with E-state index in [0.717, 1.165) is 5.56 Å². The molecule has 0 aromatic heterocycles. The molecule has 32 heavy (non-hydrogen) atoms.